The van der Waals surface area contributed by atoms with Crippen molar-refractivity contribution in [3.05, 3.63) is 42.4 Å². The van der Waals surface area contributed by atoms with E-state index < -0.39 is 0 Å². The van der Waals surface area contributed by atoms with Gasteiger partial charge in [-0.25, -0.2) is 0 Å². The third kappa shape index (κ3) is 1.65. The summed E-state index contributed by atoms with van der Waals surface area (Å²) in [6.45, 7) is 0. The summed E-state index contributed by atoms with van der Waals surface area (Å²) in [4.78, 5) is 12.3. The van der Waals surface area contributed by atoms with Crippen LogP contribution in [0.1, 0.15) is 29.6 Å². The summed E-state index contributed by atoms with van der Waals surface area (Å²) in [5.41, 5.74) is 1.28. The predicted octanol–water partition coefficient (Wildman–Crippen LogP) is 1.57. The molecule has 0 spiro atoms. The largest absolute Gasteiger partial charge is 0.343 e. The quantitative estimate of drug-likeness (QED) is 0.827. The maximum Gasteiger partial charge on any atom is 0.253 e. The molecule has 2 heterocycles. The van der Waals surface area contributed by atoms with E-state index >= 15 is 0 Å². The Kier molecular flexibility index (Phi) is 2.07. The van der Waals surface area contributed by atoms with E-state index in [1.165, 1.54) is 6.42 Å². The molecular weight excluding hydrogens is 240 g/mol. The molecule has 2 aromatic heterocycles. The molecule has 1 amide bonds. The fourth-order valence-electron chi connectivity index (χ4n) is 3.17. The van der Waals surface area contributed by atoms with Crippen LogP contribution in [0.15, 0.2) is 36.8 Å². The molecule has 2 aliphatic carbocycles. The monoisotopic (exact) mass is 254 g/mol. The minimum Gasteiger partial charge on any atom is -0.343 e. The normalized spacial score (nSPS) is 28.1. The Morgan fingerprint density at radius 3 is 3.16 bits per heavy atom. The number of nitrogens with zero attached hydrogens (tertiary/aromatic N) is 3. The molecule has 5 heteroatoms. The van der Waals surface area contributed by atoms with Crippen LogP contribution in [-0.2, 0) is 0 Å². The fraction of sp³-hybridized carbons (Fsp3) is 0.357. The van der Waals surface area contributed by atoms with Gasteiger partial charge >= 0.3 is 0 Å². The molecule has 0 aromatic carbocycles. The first-order chi connectivity index (χ1) is 9.24. The Bertz CT molecular complexity index is 690. The molecule has 5 nitrogen and oxygen atoms in total. The van der Waals surface area contributed by atoms with Crippen LogP contribution in [0.2, 0.25) is 0 Å². The van der Waals surface area contributed by atoms with Gasteiger partial charge in [-0.15, -0.1) is 10.2 Å². The summed E-state index contributed by atoms with van der Waals surface area (Å²) in [7, 11) is 0. The molecule has 2 aliphatic rings. The number of pyridine rings is 1. The van der Waals surface area contributed by atoms with Crippen LogP contribution in [-0.4, -0.2) is 26.0 Å². The van der Waals surface area contributed by atoms with Gasteiger partial charge in [-0.05, 0) is 37.3 Å². The summed E-state index contributed by atoms with van der Waals surface area (Å²) in [5.74, 6) is 0.628. The lowest BCUT2D eigenvalue weighted by atomic mass is 9.98. The van der Waals surface area contributed by atoms with E-state index in [0.29, 0.717) is 11.5 Å². The van der Waals surface area contributed by atoms with E-state index in [1.54, 1.807) is 23.0 Å². The van der Waals surface area contributed by atoms with Crippen molar-refractivity contribution in [2.45, 2.75) is 24.8 Å². The second-order valence-electron chi connectivity index (χ2n) is 5.49. The summed E-state index contributed by atoms with van der Waals surface area (Å²) in [6.07, 6.45) is 11.0. The Morgan fingerprint density at radius 2 is 2.42 bits per heavy atom. The Morgan fingerprint density at radius 1 is 1.47 bits per heavy atom. The number of nitrogens with one attached hydrogen (secondary N) is 1. The molecule has 0 radical (unpaired) electrons. The molecule has 0 aliphatic heterocycles. The van der Waals surface area contributed by atoms with E-state index in [1.807, 2.05) is 6.07 Å². The van der Waals surface area contributed by atoms with Gasteiger partial charge in [0.1, 0.15) is 6.33 Å². The molecule has 1 N–H and O–H groups in total. The summed E-state index contributed by atoms with van der Waals surface area (Å²) < 4.78 is 1.76. The maximum atomic E-state index is 12.3. The zero-order chi connectivity index (χ0) is 12.9. The Labute approximate surface area is 110 Å². The van der Waals surface area contributed by atoms with Crippen LogP contribution in [0, 0.1) is 5.92 Å². The molecule has 1 fully saturated rings. The van der Waals surface area contributed by atoms with E-state index in [-0.39, 0.29) is 11.4 Å². The zero-order valence-corrected chi connectivity index (χ0v) is 10.4. The lowest BCUT2D eigenvalue weighted by Gasteiger charge is -2.25. The highest BCUT2D eigenvalue weighted by Crippen LogP contribution is 2.42. The number of aromatic nitrogens is 3. The van der Waals surface area contributed by atoms with Gasteiger partial charge < -0.3 is 5.32 Å². The summed E-state index contributed by atoms with van der Waals surface area (Å²) in [5, 5.41) is 10.9. The van der Waals surface area contributed by atoms with Crippen LogP contribution < -0.4 is 5.32 Å². The average Bonchev–Trinajstić information content (AvgIpc) is 3.12. The number of hydrogen-bond donors (Lipinski definition) is 1. The van der Waals surface area contributed by atoms with Gasteiger partial charge in [0.25, 0.3) is 5.91 Å². The fourth-order valence-corrected chi connectivity index (χ4v) is 3.17. The van der Waals surface area contributed by atoms with Gasteiger partial charge in [-0.2, -0.15) is 0 Å². The number of carbonyl (C=O) groups excluding carboxylic acids is 1. The van der Waals surface area contributed by atoms with Crippen molar-refractivity contribution in [2.75, 3.05) is 0 Å². The smallest absolute Gasteiger partial charge is 0.253 e. The third-order valence-corrected chi connectivity index (χ3v) is 4.19. The van der Waals surface area contributed by atoms with Crippen molar-refractivity contribution in [1.82, 2.24) is 19.9 Å². The Hall–Kier alpha value is -2.17. The van der Waals surface area contributed by atoms with Crippen molar-refractivity contribution in [2.24, 2.45) is 5.92 Å². The van der Waals surface area contributed by atoms with Crippen molar-refractivity contribution in [3.63, 3.8) is 0 Å². The molecule has 2 bridgehead atoms. The number of carbonyl (C=O) groups is 1. The molecule has 0 saturated heterocycles. The van der Waals surface area contributed by atoms with Crippen LogP contribution in [0.4, 0.5) is 0 Å². The topological polar surface area (TPSA) is 59.3 Å². The van der Waals surface area contributed by atoms with Crippen LogP contribution >= 0.6 is 0 Å². The number of amides is 1. The molecule has 2 unspecified atom stereocenters. The highest BCUT2D eigenvalue weighted by atomic mass is 16.1. The Balaban J connectivity index is 1.61. The SMILES string of the molecule is O=C(NC12C=CC(CC1)C2)c1ccc2nncn2c1. The number of rotatable bonds is 2. The predicted molar refractivity (Wildman–Crippen MR) is 69.7 cm³/mol. The maximum absolute atomic E-state index is 12.3. The number of hydrogen-bond acceptors (Lipinski definition) is 3. The number of fused-ring (bicyclic) bond motifs is 3. The van der Waals surface area contributed by atoms with E-state index in [4.69, 9.17) is 0 Å². The molecule has 2 aromatic rings. The van der Waals surface area contributed by atoms with E-state index in [9.17, 15) is 4.79 Å². The van der Waals surface area contributed by atoms with E-state index in [0.717, 1.165) is 18.5 Å². The van der Waals surface area contributed by atoms with Crippen molar-refractivity contribution in [1.29, 1.82) is 0 Å². The van der Waals surface area contributed by atoms with Crippen LogP contribution in [0.5, 0.6) is 0 Å². The van der Waals surface area contributed by atoms with Gasteiger partial charge in [0.05, 0.1) is 11.1 Å². The first-order valence-electron chi connectivity index (χ1n) is 6.55. The molecular formula is C14H14N4O. The third-order valence-electron chi connectivity index (χ3n) is 4.19. The highest BCUT2D eigenvalue weighted by molar-refractivity contribution is 5.95. The highest BCUT2D eigenvalue weighted by Gasteiger charge is 2.41. The second kappa shape index (κ2) is 3.66. The summed E-state index contributed by atoms with van der Waals surface area (Å²) in [6, 6.07) is 3.60. The minimum absolute atomic E-state index is 0.0252. The standard InChI is InChI=1S/C14H14N4O/c19-13(16-14-5-3-10(7-14)4-6-14)11-1-2-12-17-15-9-18(12)8-11/h1-3,5,8-10H,4,6-7H2,(H,16,19). The van der Waals surface area contributed by atoms with E-state index in [2.05, 4.69) is 27.7 Å². The second-order valence-corrected chi connectivity index (χ2v) is 5.49. The van der Waals surface area contributed by atoms with Gasteiger partial charge in [0.15, 0.2) is 5.65 Å². The molecule has 4 rings (SSSR count). The van der Waals surface area contributed by atoms with Crippen molar-refractivity contribution in [3.8, 4) is 0 Å². The van der Waals surface area contributed by atoms with Gasteiger partial charge in [0.2, 0.25) is 0 Å². The lowest BCUT2D eigenvalue weighted by Crippen LogP contribution is -2.44. The average molecular weight is 254 g/mol. The first kappa shape index (κ1) is 10.7. The number of allylic oxidation sites excluding steroid dienone is 1. The molecule has 1 saturated carbocycles. The van der Waals surface area contributed by atoms with Gasteiger partial charge in [0, 0.05) is 6.20 Å². The van der Waals surface area contributed by atoms with Gasteiger partial charge in [-0.3, -0.25) is 9.20 Å². The van der Waals surface area contributed by atoms with Crippen LogP contribution in [0.25, 0.3) is 5.65 Å². The molecule has 19 heavy (non-hydrogen) atoms. The van der Waals surface area contributed by atoms with Crippen molar-refractivity contribution >= 4 is 11.6 Å². The van der Waals surface area contributed by atoms with Crippen molar-refractivity contribution < 1.29 is 4.79 Å². The minimum atomic E-state index is -0.107. The summed E-state index contributed by atoms with van der Waals surface area (Å²) >= 11 is 0. The first-order valence-corrected chi connectivity index (χ1v) is 6.55. The zero-order valence-electron chi connectivity index (χ0n) is 10.4. The lowest BCUT2D eigenvalue weighted by molar-refractivity contribution is 0.0919. The van der Waals surface area contributed by atoms with Gasteiger partial charge in [-0.1, -0.05) is 12.2 Å². The molecule has 2 atom stereocenters. The van der Waals surface area contributed by atoms with Crippen LogP contribution in [0.3, 0.4) is 0 Å². The molecule has 96 valence electrons.